The second kappa shape index (κ2) is 7.81. The van der Waals surface area contributed by atoms with Gasteiger partial charge in [-0.05, 0) is 19.1 Å². The fourth-order valence-electron chi connectivity index (χ4n) is 2.65. The molecule has 1 aliphatic rings. The van der Waals surface area contributed by atoms with E-state index in [1.807, 2.05) is 31.2 Å². The highest BCUT2D eigenvalue weighted by atomic mass is 16.5. The van der Waals surface area contributed by atoms with E-state index in [1.54, 1.807) is 23.1 Å². The van der Waals surface area contributed by atoms with Gasteiger partial charge >= 0.3 is 0 Å². The van der Waals surface area contributed by atoms with Crippen LogP contribution in [0.5, 0.6) is 0 Å². The Labute approximate surface area is 145 Å². The molecule has 2 heterocycles. The van der Waals surface area contributed by atoms with Crippen LogP contribution in [-0.2, 0) is 9.53 Å². The van der Waals surface area contributed by atoms with Gasteiger partial charge in [0.2, 0.25) is 11.7 Å². The summed E-state index contributed by atoms with van der Waals surface area (Å²) < 4.78 is 11.0. The number of benzene rings is 1. The first-order valence-corrected chi connectivity index (χ1v) is 8.19. The highest BCUT2D eigenvalue weighted by molar-refractivity contribution is 6.12. The van der Waals surface area contributed by atoms with Crippen molar-refractivity contribution in [3.8, 4) is 0 Å². The molecule has 1 fully saturated rings. The average molecular weight is 340 g/mol. The molecule has 0 spiro atoms. The minimum absolute atomic E-state index is 0.149. The lowest BCUT2D eigenvalue weighted by molar-refractivity contribution is -0.111. The molecule has 0 saturated carbocycles. The SMILES string of the molecule is C/C=C/C=C/C(=O)Nc1c(C(=O)N2CCOCC2)oc2ccccc12. The van der Waals surface area contributed by atoms with Crippen molar-refractivity contribution in [1.29, 1.82) is 0 Å². The molecule has 1 aliphatic heterocycles. The number of para-hydroxylation sites is 1. The lowest BCUT2D eigenvalue weighted by Crippen LogP contribution is -2.40. The van der Waals surface area contributed by atoms with E-state index in [1.165, 1.54) is 6.08 Å². The van der Waals surface area contributed by atoms with Gasteiger partial charge in [0.1, 0.15) is 11.3 Å². The van der Waals surface area contributed by atoms with Crippen molar-refractivity contribution in [2.45, 2.75) is 6.92 Å². The van der Waals surface area contributed by atoms with E-state index in [0.717, 1.165) is 0 Å². The number of allylic oxidation sites excluding steroid dienone is 3. The molecule has 130 valence electrons. The van der Waals surface area contributed by atoms with E-state index in [4.69, 9.17) is 9.15 Å². The molecular formula is C19H20N2O4. The molecule has 2 aromatic rings. The van der Waals surface area contributed by atoms with E-state index >= 15 is 0 Å². The van der Waals surface area contributed by atoms with Gasteiger partial charge in [-0.3, -0.25) is 9.59 Å². The summed E-state index contributed by atoms with van der Waals surface area (Å²) in [6.07, 6.45) is 6.63. The van der Waals surface area contributed by atoms with Crippen LogP contribution >= 0.6 is 0 Å². The molecule has 2 amide bonds. The van der Waals surface area contributed by atoms with Crippen molar-refractivity contribution in [2.75, 3.05) is 31.6 Å². The Bertz CT molecular complexity index is 829. The van der Waals surface area contributed by atoms with Crippen LogP contribution in [0.1, 0.15) is 17.5 Å². The van der Waals surface area contributed by atoms with Gasteiger partial charge in [-0.1, -0.05) is 30.4 Å². The van der Waals surface area contributed by atoms with Gasteiger partial charge in [0.05, 0.1) is 13.2 Å². The van der Waals surface area contributed by atoms with Crippen LogP contribution in [0.4, 0.5) is 5.69 Å². The molecule has 25 heavy (non-hydrogen) atoms. The number of amides is 2. The maximum absolute atomic E-state index is 12.8. The van der Waals surface area contributed by atoms with Crippen LogP contribution < -0.4 is 5.32 Å². The number of anilines is 1. The zero-order chi connectivity index (χ0) is 17.6. The Morgan fingerprint density at radius 2 is 1.92 bits per heavy atom. The third kappa shape index (κ3) is 3.80. The van der Waals surface area contributed by atoms with Crippen molar-refractivity contribution in [3.05, 3.63) is 54.3 Å². The molecule has 0 bridgehead atoms. The largest absolute Gasteiger partial charge is 0.449 e. The quantitative estimate of drug-likeness (QED) is 0.686. The van der Waals surface area contributed by atoms with E-state index in [2.05, 4.69) is 5.32 Å². The van der Waals surface area contributed by atoms with E-state index in [-0.39, 0.29) is 17.6 Å². The number of morpholine rings is 1. The highest BCUT2D eigenvalue weighted by Gasteiger charge is 2.27. The smallest absolute Gasteiger partial charge is 0.291 e. The number of hydrogen-bond donors (Lipinski definition) is 1. The summed E-state index contributed by atoms with van der Waals surface area (Å²) >= 11 is 0. The lowest BCUT2D eigenvalue weighted by atomic mass is 10.2. The van der Waals surface area contributed by atoms with Gasteiger partial charge in [-0.2, -0.15) is 0 Å². The van der Waals surface area contributed by atoms with Gasteiger partial charge in [0.25, 0.3) is 5.91 Å². The maximum Gasteiger partial charge on any atom is 0.291 e. The first kappa shape index (κ1) is 17.0. The molecule has 0 aliphatic carbocycles. The first-order chi connectivity index (χ1) is 12.2. The van der Waals surface area contributed by atoms with Gasteiger partial charge in [-0.25, -0.2) is 0 Å². The average Bonchev–Trinajstić information content (AvgIpc) is 3.00. The number of fused-ring (bicyclic) bond motifs is 1. The van der Waals surface area contributed by atoms with Crippen LogP contribution in [0, 0.1) is 0 Å². The second-order valence-corrected chi connectivity index (χ2v) is 5.58. The number of furan rings is 1. The molecule has 1 saturated heterocycles. The molecular weight excluding hydrogens is 320 g/mol. The standard InChI is InChI=1S/C19H20N2O4/c1-2-3-4-9-16(22)20-17-14-7-5-6-8-15(14)25-18(17)19(23)21-10-12-24-13-11-21/h2-9H,10-13H2,1H3,(H,20,22)/b3-2+,9-4+. The normalized spacial score (nSPS) is 15.3. The Morgan fingerprint density at radius 3 is 2.68 bits per heavy atom. The summed E-state index contributed by atoms with van der Waals surface area (Å²) in [5.74, 6) is -0.413. The van der Waals surface area contributed by atoms with E-state index in [9.17, 15) is 9.59 Å². The summed E-state index contributed by atoms with van der Waals surface area (Å²) in [6.45, 7) is 3.87. The van der Waals surface area contributed by atoms with Crippen LogP contribution in [-0.4, -0.2) is 43.0 Å². The Balaban J connectivity index is 1.94. The summed E-state index contributed by atoms with van der Waals surface area (Å²) in [7, 11) is 0. The zero-order valence-electron chi connectivity index (χ0n) is 14.0. The van der Waals surface area contributed by atoms with Crippen LogP contribution in [0.25, 0.3) is 11.0 Å². The van der Waals surface area contributed by atoms with Crippen molar-refractivity contribution in [2.24, 2.45) is 0 Å². The van der Waals surface area contributed by atoms with Crippen molar-refractivity contribution < 1.29 is 18.7 Å². The topological polar surface area (TPSA) is 71.8 Å². The molecule has 6 nitrogen and oxygen atoms in total. The zero-order valence-corrected chi connectivity index (χ0v) is 14.0. The third-order valence-corrected chi connectivity index (χ3v) is 3.89. The minimum atomic E-state index is -0.319. The summed E-state index contributed by atoms with van der Waals surface area (Å²) in [4.78, 5) is 26.7. The summed E-state index contributed by atoms with van der Waals surface area (Å²) in [6, 6.07) is 7.26. The highest BCUT2D eigenvalue weighted by Crippen LogP contribution is 2.32. The lowest BCUT2D eigenvalue weighted by Gasteiger charge is -2.26. The van der Waals surface area contributed by atoms with E-state index < -0.39 is 0 Å². The van der Waals surface area contributed by atoms with Gasteiger partial charge in [-0.15, -0.1) is 0 Å². The van der Waals surface area contributed by atoms with Gasteiger partial charge in [0, 0.05) is 24.6 Å². The van der Waals surface area contributed by atoms with Gasteiger partial charge < -0.3 is 19.4 Å². The number of ether oxygens (including phenoxy) is 1. The first-order valence-electron chi connectivity index (χ1n) is 8.19. The predicted octanol–water partition coefficient (Wildman–Crippen LogP) is 2.98. The van der Waals surface area contributed by atoms with Crippen LogP contribution in [0.2, 0.25) is 0 Å². The molecule has 1 aromatic heterocycles. The fraction of sp³-hybridized carbons (Fsp3) is 0.263. The Hall–Kier alpha value is -2.86. The fourth-order valence-corrected chi connectivity index (χ4v) is 2.65. The molecule has 0 unspecified atom stereocenters. The number of nitrogens with zero attached hydrogens (tertiary/aromatic N) is 1. The molecule has 6 heteroatoms. The molecule has 1 aromatic carbocycles. The minimum Gasteiger partial charge on any atom is -0.449 e. The van der Waals surface area contributed by atoms with Crippen molar-refractivity contribution in [3.63, 3.8) is 0 Å². The number of hydrogen-bond acceptors (Lipinski definition) is 4. The van der Waals surface area contributed by atoms with Crippen molar-refractivity contribution in [1.82, 2.24) is 4.90 Å². The maximum atomic E-state index is 12.8. The molecule has 0 atom stereocenters. The number of rotatable bonds is 4. The predicted molar refractivity (Wildman–Crippen MR) is 95.5 cm³/mol. The molecule has 0 radical (unpaired) electrons. The summed E-state index contributed by atoms with van der Waals surface area (Å²) in [5.41, 5.74) is 0.967. The molecule has 1 N–H and O–H groups in total. The Kier molecular flexibility index (Phi) is 5.30. The van der Waals surface area contributed by atoms with Crippen molar-refractivity contribution >= 4 is 28.5 Å². The number of carbonyl (C=O) groups excluding carboxylic acids is 2. The summed E-state index contributed by atoms with van der Waals surface area (Å²) in [5, 5.41) is 3.48. The van der Waals surface area contributed by atoms with Crippen LogP contribution in [0.15, 0.2) is 53.0 Å². The second-order valence-electron chi connectivity index (χ2n) is 5.58. The molecule has 3 rings (SSSR count). The van der Waals surface area contributed by atoms with E-state index in [0.29, 0.717) is 43.0 Å². The number of carbonyl (C=O) groups is 2. The van der Waals surface area contributed by atoms with Gasteiger partial charge in [0.15, 0.2) is 0 Å². The Morgan fingerprint density at radius 1 is 1.16 bits per heavy atom. The third-order valence-electron chi connectivity index (χ3n) is 3.89. The monoisotopic (exact) mass is 340 g/mol. The number of nitrogens with one attached hydrogen (secondary N) is 1. The van der Waals surface area contributed by atoms with Crippen LogP contribution in [0.3, 0.4) is 0 Å².